The zero-order valence-electron chi connectivity index (χ0n) is 20.9. The molecule has 3 amide bonds. The first-order chi connectivity index (χ1) is 16.1. The minimum atomic E-state index is -1.94. The van der Waals surface area contributed by atoms with Crippen molar-refractivity contribution in [3.05, 3.63) is 45.7 Å². The molecule has 0 bridgehead atoms. The fourth-order valence-corrected chi connectivity index (χ4v) is 4.16. The molecule has 2 rings (SSSR count). The smallest absolute Gasteiger partial charge is 0.326 e. The standard InChI is InChI=1S/C23H31Cl2FN4O4Si/c1-13(2)17-18(16(8-9-27-17)33-10-11-34-35(6,7)23(3,4)5)28-22(32)30-21(31)14-12-15(26)20(25)29-19(14)24/h8-9,12-13H,10-11H2,1-7H3,(H2,28,30,31,32). The van der Waals surface area contributed by atoms with Crippen LogP contribution in [-0.2, 0) is 4.43 Å². The molecule has 0 fully saturated rings. The van der Waals surface area contributed by atoms with Gasteiger partial charge in [0, 0.05) is 12.3 Å². The molecule has 0 atom stereocenters. The van der Waals surface area contributed by atoms with Crippen molar-refractivity contribution < 1.29 is 23.1 Å². The molecule has 2 heterocycles. The third-order valence-corrected chi connectivity index (χ3v) is 10.8. The molecule has 0 saturated carbocycles. The first kappa shape index (κ1) is 29.0. The van der Waals surface area contributed by atoms with Gasteiger partial charge >= 0.3 is 6.03 Å². The average Bonchev–Trinajstić information content (AvgIpc) is 2.73. The summed E-state index contributed by atoms with van der Waals surface area (Å²) in [4.78, 5) is 33.0. The van der Waals surface area contributed by atoms with Crippen LogP contribution in [0.5, 0.6) is 5.75 Å². The number of nitrogens with zero attached hydrogens (tertiary/aromatic N) is 2. The summed E-state index contributed by atoms with van der Waals surface area (Å²) in [6.45, 7) is 15.2. The molecule has 8 nitrogen and oxygen atoms in total. The van der Waals surface area contributed by atoms with E-state index in [9.17, 15) is 14.0 Å². The van der Waals surface area contributed by atoms with Gasteiger partial charge in [-0.25, -0.2) is 14.2 Å². The minimum Gasteiger partial charge on any atom is -0.489 e. The lowest BCUT2D eigenvalue weighted by Crippen LogP contribution is -2.41. The third kappa shape index (κ3) is 7.60. The summed E-state index contributed by atoms with van der Waals surface area (Å²) in [6.07, 6.45) is 1.58. The normalized spacial score (nSPS) is 12.0. The summed E-state index contributed by atoms with van der Waals surface area (Å²) in [7, 11) is -1.94. The Hall–Kier alpha value is -2.27. The van der Waals surface area contributed by atoms with Gasteiger partial charge in [0.1, 0.15) is 23.2 Å². The number of carbonyl (C=O) groups is 2. The van der Waals surface area contributed by atoms with Crippen LogP contribution < -0.4 is 15.4 Å². The highest BCUT2D eigenvalue weighted by molar-refractivity contribution is 6.74. The van der Waals surface area contributed by atoms with Gasteiger partial charge in [-0.05, 0) is 30.1 Å². The van der Waals surface area contributed by atoms with Gasteiger partial charge in [-0.3, -0.25) is 15.1 Å². The maximum atomic E-state index is 13.7. The van der Waals surface area contributed by atoms with E-state index in [1.165, 1.54) is 0 Å². The van der Waals surface area contributed by atoms with Crippen molar-refractivity contribution in [1.29, 1.82) is 0 Å². The Balaban J connectivity index is 2.15. The molecular formula is C23H31Cl2FN4O4Si. The van der Waals surface area contributed by atoms with Gasteiger partial charge in [-0.2, -0.15) is 0 Å². The first-order valence-electron chi connectivity index (χ1n) is 11.0. The lowest BCUT2D eigenvalue weighted by molar-refractivity contribution is 0.0966. The molecule has 0 saturated heterocycles. The van der Waals surface area contributed by atoms with Crippen molar-refractivity contribution in [2.24, 2.45) is 0 Å². The van der Waals surface area contributed by atoms with E-state index in [0.29, 0.717) is 23.7 Å². The molecular weight excluding hydrogens is 514 g/mol. The van der Waals surface area contributed by atoms with Crippen LogP contribution in [0.4, 0.5) is 14.9 Å². The highest BCUT2D eigenvalue weighted by atomic mass is 35.5. The van der Waals surface area contributed by atoms with Crippen molar-refractivity contribution in [2.75, 3.05) is 18.5 Å². The minimum absolute atomic E-state index is 0.0583. The van der Waals surface area contributed by atoms with Gasteiger partial charge in [0.15, 0.2) is 19.3 Å². The van der Waals surface area contributed by atoms with Crippen molar-refractivity contribution in [1.82, 2.24) is 15.3 Å². The summed E-state index contributed by atoms with van der Waals surface area (Å²) >= 11 is 11.4. The second-order valence-corrected chi connectivity index (χ2v) is 15.2. The lowest BCUT2D eigenvalue weighted by atomic mass is 10.1. The van der Waals surface area contributed by atoms with Crippen LogP contribution >= 0.6 is 23.2 Å². The largest absolute Gasteiger partial charge is 0.489 e. The fourth-order valence-electron chi connectivity index (χ4n) is 2.73. The van der Waals surface area contributed by atoms with Gasteiger partial charge in [-0.1, -0.05) is 57.8 Å². The van der Waals surface area contributed by atoms with Gasteiger partial charge in [0.2, 0.25) is 0 Å². The number of imide groups is 1. The predicted molar refractivity (Wildman–Crippen MR) is 138 cm³/mol. The number of anilines is 1. The Bertz CT molecular complexity index is 1090. The van der Waals surface area contributed by atoms with Gasteiger partial charge in [0.25, 0.3) is 5.91 Å². The third-order valence-electron chi connectivity index (χ3n) is 5.70. The molecule has 192 valence electrons. The lowest BCUT2D eigenvalue weighted by Gasteiger charge is -2.36. The topological polar surface area (TPSA) is 102 Å². The Kier molecular flexibility index (Phi) is 9.63. The Morgan fingerprint density at radius 2 is 1.83 bits per heavy atom. The number of rotatable bonds is 8. The average molecular weight is 546 g/mol. The van der Waals surface area contributed by atoms with Crippen molar-refractivity contribution >= 4 is 49.1 Å². The maximum absolute atomic E-state index is 13.7. The van der Waals surface area contributed by atoms with E-state index in [1.54, 1.807) is 12.3 Å². The van der Waals surface area contributed by atoms with Crippen LogP contribution in [0.15, 0.2) is 18.3 Å². The Morgan fingerprint density at radius 3 is 2.43 bits per heavy atom. The Morgan fingerprint density at radius 1 is 1.17 bits per heavy atom. The molecule has 2 aromatic heterocycles. The zero-order valence-corrected chi connectivity index (χ0v) is 23.4. The fraction of sp³-hybridized carbons (Fsp3) is 0.478. The number of carbonyl (C=O) groups excluding carboxylic acids is 2. The maximum Gasteiger partial charge on any atom is 0.326 e. The van der Waals surface area contributed by atoms with Crippen LogP contribution in [0.1, 0.15) is 56.6 Å². The molecule has 0 aliphatic rings. The summed E-state index contributed by atoms with van der Waals surface area (Å²) in [5.41, 5.74) is 0.539. The number of hydrogen-bond donors (Lipinski definition) is 2. The molecule has 35 heavy (non-hydrogen) atoms. The number of amides is 3. The number of ether oxygens (including phenoxy) is 1. The number of aromatic nitrogens is 2. The van der Waals surface area contributed by atoms with E-state index in [1.807, 2.05) is 13.8 Å². The van der Waals surface area contributed by atoms with Crippen LogP contribution in [0.25, 0.3) is 0 Å². The highest BCUT2D eigenvalue weighted by Crippen LogP contribution is 2.36. The number of pyridine rings is 2. The number of hydrogen-bond acceptors (Lipinski definition) is 6. The molecule has 12 heteroatoms. The van der Waals surface area contributed by atoms with Crippen LogP contribution in [0, 0.1) is 5.82 Å². The van der Waals surface area contributed by atoms with Crippen molar-refractivity contribution in [3.8, 4) is 5.75 Å². The van der Waals surface area contributed by atoms with Crippen molar-refractivity contribution in [3.63, 3.8) is 0 Å². The molecule has 0 radical (unpaired) electrons. The molecule has 0 aliphatic heterocycles. The van der Waals surface area contributed by atoms with Crippen LogP contribution in [0.2, 0.25) is 28.4 Å². The summed E-state index contributed by atoms with van der Waals surface area (Å²) in [5, 5.41) is 3.97. The van der Waals surface area contributed by atoms with Crippen molar-refractivity contribution in [2.45, 2.75) is 58.7 Å². The number of urea groups is 1. The van der Waals surface area contributed by atoms with Crippen LogP contribution in [-0.4, -0.2) is 43.4 Å². The van der Waals surface area contributed by atoms with E-state index in [2.05, 4.69) is 54.5 Å². The van der Waals surface area contributed by atoms with Gasteiger partial charge in [-0.15, -0.1) is 0 Å². The number of halogens is 3. The quantitative estimate of drug-likeness (QED) is 0.226. The molecule has 2 N–H and O–H groups in total. The van der Waals surface area contributed by atoms with Gasteiger partial charge in [0.05, 0.1) is 17.9 Å². The van der Waals surface area contributed by atoms with E-state index in [4.69, 9.17) is 32.4 Å². The van der Waals surface area contributed by atoms with E-state index in [0.717, 1.165) is 6.07 Å². The number of nitrogens with one attached hydrogen (secondary N) is 2. The zero-order chi connectivity index (χ0) is 26.6. The van der Waals surface area contributed by atoms with E-state index < -0.39 is 31.2 Å². The highest BCUT2D eigenvalue weighted by Gasteiger charge is 2.37. The van der Waals surface area contributed by atoms with E-state index in [-0.39, 0.29) is 28.3 Å². The monoisotopic (exact) mass is 544 g/mol. The van der Waals surface area contributed by atoms with Gasteiger partial charge < -0.3 is 14.5 Å². The predicted octanol–water partition coefficient (Wildman–Crippen LogP) is 6.41. The first-order valence-corrected chi connectivity index (χ1v) is 14.7. The summed E-state index contributed by atoms with van der Waals surface area (Å²) in [5.74, 6) is -1.57. The van der Waals surface area contributed by atoms with Crippen LogP contribution in [0.3, 0.4) is 0 Å². The molecule has 0 spiro atoms. The second kappa shape index (κ2) is 11.6. The molecule has 0 aliphatic carbocycles. The summed E-state index contributed by atoms with van der Waals surface area (Å²) < 4.78 is 25.8. The summed E-state index contributed by atoms with van der Waals surface area (Å²) in [6, 6.07) is 1.55. The molecule has 2 aromatic rings. The molecule has 0 aromatic carbocycles. The second-order valence-electron chi connectivity index (χ2n) is 9.69. The van der Waals surface area contributed by atoms with E-state index >= 15 is 0 Å². The SMILES string of the molecule is CC(C)c1nccc(OCCO[Si](C)(C)C(C)(C)C)c1NC(=O)NC(=O)c1cc(F)c(Cl)nc1Cl. The Labute approximate surface area is 216 Å². The molecule has 0 unspecified atom stereocenters.